The second kappa shape index (κ2) is 5.75. The van der Waals surface area contributed by atoms with Crippen molar-refractivity contribution in [2.45, 2.75) is 32.0 Å². The summed E-state index contributed by atoms with van der Waals surface area (Å²) in [6, 6.07) is 0.283. The summed E-state index contributed by atoms with van der Waals surface area (Å²) >= 11 is 0. The Balaban J connectivity index is 1.51. The van der Waals surface area contributed by atoms with Gasteiger partial charge in [0.15, 0.2) is 5.65 Å². The van der Waals surface area contributed by atoms with Crippen LogP contribution >= 0.6 is 0 Å². The molecular formula is C16H20N6O. The Morgan fingerprint density at radius 2 is 2.26 bits per heavy atom. The molecule has 23 heavy (non-hydrogen) atoms. The summed E-state index contributed by atoms with van der Waals surface area (Å²) in [5, 5.41) is 7.95. The van der Waals surface area contributed by atoms with E-state index in [1.165, 1.54) is 5.56 Å². The van der Waals surface area contributed by atoms with Crippen LogP contribution in [-0.2, 0) is 18.3 Å². The summed E-state index contributed by atoms with van der Waals surface area (Å²) in [6.07, 6.45) is 10.3. The molecule has 0 bridgehead atoms. The van der Waals surface area contributed by atoms with Gasteiger partial charge in [-0.2, -0.15) is 5.10 Å². The van der Waals surface area contributed by atoms with E-state index in [0.29, 0.717) is 0 Å². The minimum absolute atomic E-state index is 0.0598. The molecule has 1 N–H and O–H groups in total. The topological polar surface area (TPSA) is 69.3 Å². The predicted octanol–water partition coefficient (Wildman–Crippen LogP) is 1.39. The normalized spacial score (nSPS) is 21.3. The molecular weight excluding hydrogens is 292 g/mol. The van der Waals surface area contributed by atoms with Crippen molar-refractivity contribution in [1.29, 1.82) is 0 Å². The highest BCUT2D eigenvalue weighted by Crippen LogP contribution is 2.31. The number of imidazole rings is 1. The molecule has 0 radical (unpaired) electrons. The zero-order valence-corrected chi connectivity index (χ0v) is 13.3. The number of nitrogens with one attached hydrogen (secondary N) is 1. The van der Waals surface area contributed by atoms with E-state index in [0.717, 1.165) is 36.6 Å². The fourth-order valence-corrected chi connectivity index (χ4v) is 3.16. The van der Waals surface area contributed by atoms with E-state index in [9.17, 15) is 0 Å². The molecule has 3 aromatic heterocycles. The van der Waals surface area contributed by atoms with Crippen LogP contribution in [0.4, 0.5) is 0 Å². The van der Waals surface area contributed by atoms with Crippen LogP contribution in [0.25, 0.3) is 5.65 Å². The zero-order chi connectivity index (χ0) is 15.8. The number of rotatable bonds is 4. The van der Waals surface area contributed by atoms with Gasteiger partial charge in [0.1, 0.15) is 6.10 Å². The lowest BCUT2D eigenvalue weighted by atomic mass is 10.0. The Kier molecular flexibility index (Phi) is 3.59. The molecule has 120 valence electrons. The van der Waals surface area contributed by atoms with Crippen molar-refractivity contribution in [3.05, 3.63) is 47.9 Å². The van der Waals surface area contributed by atoms with Gasteiger partial charge in [0.05, 0.1) is 24.3 Å². The maximum Gasteiger partial charge on any atom is 0.155 e. The first-order chi connectivity index (χ1) is 11.2. The summed E-state index contributed by atoms with van der Waals surface area (Å²) in [4.78, 5) is 8.47. The molecule has 7 heteroatoms. The Bertz CT molecular complexity index is 823. The highest BCUT2D eigenvalue weighted by Gasteiger charge is 2.31. The van der Waals surface area contributed by atoms with Crippen LogP contribution in [0.2, 0.25) is 0 Å². The lowest BCUT2D eigenvalue weighted by molar-refractivity contribution is 0.0978. The van der Waals surface area contributed by atoms with Crippen molar-refractivity contribution in [2.75, 3.05) is 6.61 Å². The van der Waals surface area contributed by atoms with E-state index >= 15 is 0 Å². The number of aromatic nitrogens is 5. The summed E-state index contributed by atoms with van der Waals surface area (Å²) in [7, 11) is 1.96. The summed E-state index contributed by atoms with van der Waals surface area (Å²) in [5.74, 6) is 0. The van der Waals surface area contributed by atoms with Crippen molar-refractivity contribution in [3.8, 4) is 0 Å². The third-order valence-corrected chi connectivity index (χ3v) is 4.61. The van der Waals surface area contributed by atoms with Crippen LogP contribution < -0.4 is 5.32 Å². The second-order valence-corrected chi connectivity index (χ2v) is 5.93. The monoisotopic (exact) mass is 312 g/mol. The Labute approximate surface area is 134 Å². The third kappa shape index (κ3) is 2.51. The average molecular weight is 312 g/mol. The van der Waals surface area contributed by atoms with E-state index in [4.69, 9.17) is 4.74 Å². The minimum atomic E-state index is 0.0598. The maximum absolute atomic E-state index is 5.95. The van der Waals surface area contributed by atoms with Gasteiger partial charge in [-0.1, -0.05) is 0 Å². The minimum Gasteiger partial charge on any atom is -0.372 e. The van der Waals surface area contributed by atoms with Gasteiger partial charge in [-0.05, 0) is 13.3 Å². The van der Waals surface area contributed by atoms with Crippen molar-refractivity contribution in [1.82, 2.24) is 29.5 Å². The van der Waals surface area contributed by atoms with Crippen molar-refractivity contribution in [2.24, 2.45) is 7.05 Å². The molecule has 0 amide bonds. The second-order valence-electron chi connectivity index (χ2n) is 5.93. The van der Waals surface area contributed by atoms with Crippen LogP contribution in [-0.4, -0.2) is 36.8 Å². The standard InChI is InChI=1S/C16H20N6O/c1-11-13(9-20-21(11)2)16-14(3-6-23-16)18-7-12-8-19-15-10-17-4-5-22(12)15/h4-5,8-10,14,16,18H,3,6-7H2,1-2H3/t14-,16+/m0/s1. The largest absolute Gasteiger partial charge is 0.372 e. The highest BCUT2D eigenvalue weighted by atomic mass is 16.5. The van der Waals surface area contributed by atoms with Gasteiger partial charge in [0, 0.05) is 49.9 Å². The van der Waals surface area contributed by atoms with Crippen LogP contribution in [0, 0.1) is 6.92 Å². The number of aryl methyl sites for hydroxylation is 1. The van der Waals surface area contributed by atoms with Crippen LogP contribution in [0.3, 0.4) is 0 Å². The molecule has 0 aromatic carbocycles. The van der Waals surface area contributed by atoms with Crippen molar-refractivity contribution >= 4 is 5.65 Å². The van der Waals surface area contributed by atoms with Gasteiger partial charge in [-0.3, -0.25) is 14.1 Å². The molecule has 1 aliphatic rings. The summed E-state index contributed by atoms with van der Waals surface area (Å²) < 4.78 is 9.91. The third-order valence-electron chi connectivity index (χ3n) is 4.61. The van der Waals surface area contributed by atoms with Crippen LogP contribution in [0.15, 0.2) is 31.0 Å². The van der Waals surface area contributed by atoms with E-state index < -0.39 is 0 Å². The van der Waals surface area contributed by atoms with Crippen LogP contribution in [0.1, 0.15) is 29.5 Å². The van der Waals surface area contributed by atoms with Crippen LogP contribution in [0.5, 0.6) is 0 Å². The quantitative estimate of drug-likeness (QED) is 0.788. The molecule has 1 saturated heterocycles. The van der Waals surface area contributed by atoms with Gasteiger partial charge in [-0.15, -0.1) is 0 Å². The number of hydrogen-bond acceptors (Lipinski definition) is 5. The molecule has 3 aromatic rings. The fourth-order valence-electron chi connectivity index (χ4n) is 3.16. The fraction of sp³-hybridized carbons (Fsp3) is 0.438. The molecule has 0 spiro atoms. The first kappa shape index (κ1) is 14.3. The summed E-state index contributed by atoms with van der Waals surface area (Å²) in [5.41, 5.74) is 4.32. The SMILES string of the molecule is Cc1c([C@H]2OCC[C@@H]2NCc2cnc3cnccn23)cnn1C. The average Bonchev–Trinajstić information content (AvgIpc) is 3.26. The maximum atomic E-state index is 5.95. The Morgan fingerprint density at radius 3 is 3.09 bits per heavy atom. The van der Waals surface area contributed by atoms with Gasteiger partial charge >= 0.3 is 0 Å². The highest BCUT2D eigenvalue weighted by molar-refractivity contribution is 5.36. The first-order valence-electron chi connectivity index (χ1n) is 7.83. The number of nitrogens with zero attached hydrogens (tertiary/aromatic N) is 5. The predicted molar refractivity (Wildman–Crippen MR) is 84.9 cm³/mol. The van der Waals surface area contributed by atoms with Crippen molar-refractivity contribution < 1.29 is 4.74 Å². The lowest BCUT2D eigenvalue weighted by Crippen LogP contribution is -2.31. The van der Waals surface area contributed by atoms with Gasteiger partial charge < -0.3 is 10.1 Å². The molecule has 1 aliphatic heterocycles. The molecule has 0 aliphatic carbocycles. The van der Waals surface area contributed by atoms with E-state index in [-0.39, 0.29) is 12.1 Å². The summed E-state index contributed by atoms with van der Waals surface area (Å²) in [6.45, 7) is 3.60. The molecule has 1 fully saturated rings. The van der Waals surface area contributed by atoms with Gasteiger partial charge in [0.25, 0.3) is 0 Å². The number of ether oxygens (including phenoxy) is 1. The Morgan fingerprint density at radius 1 is 1.35 bits per heavy atom. The number of hydrogen-bond donors (Lipinski definition) is 1. The first-order valence-corrected chi connectivity index (χ1v) is 7.83. The molecule has 2 atom stereocenters. The van der Waals surface area contributed by atoms with Gasteiger partial charge in [-0.25, -0.2) is 4.98 Å². The van der Waals surface area contributed by atoms with E-state index in [1.807, 2.05) is 30.3 Å². The molecule has 0 unspecified atom stereocenters. The molecule has 0 saturated carbocycles. The molecule has 7 nitrogen and oxygen atoms in total. The zero-order valence-electron chi connectivity index (χ0n) is 13.3. The molecule has 4 rings (SSSR count). The lowest BCUT2D eigenvalue weighted by Gasteiger charge is -2.19. The smallest absolute Gasteiger partial charge is 0.155 e. The molecule has 4 heterocycles. The Hall–Kier alpha value is -2.25. The van der Waals surface area contributed by atoms with Gasteiger partial charge in [0.2, 0.25) is 0 Å². The number of fused-ring (bicyclic) bond motifs is 1. The van der Waals surface area contributed by atoms with Crippen molar-refractivity contribution in [3.63, 3.8) is 0 Å². The van der Waals surface area contributed by atoms with E-state index in [2.05, 4.69) is 31.7 Å². The van der Waals surface area contributed by atoms with E-state index in [1.54, 1.807) is 12.4 Å².